The molecule has 2 N–H and O–H groups in total. The van der Waals surface area contributed by atoms with Gasteiger partial charge in [-0.1, -0.05) is 37.0 Å². The summed E-state index contributed by atoms with van der Waals surface area (Å²) in [6.07, 6.45) is 0. The van der Waals surface area contributed by atoms with E-state index in [2.05, 4.69) is 29.5 Å². The topological polar surface area (TPSA) is 46.2 Å². The van der Waals surface area contributed by atoms with E-state index in [4.69, 9.17) is 27.9 Å². The third kappa shape index (κ3) is 4.71. The quantitative estimate of drug-likeness (QED) is 0.802. The number of anilines is 2. The molecule has 0 spiro atoms. The number of halogens is 2. The average molecular weight is 306 g/mol. The molecule has 0 aliphatic heterocycles. The summed E-state index contributed by atoms with van der Waals surface area (Å²) < 4.78 is 5.47. The van der Waals surface area contributed by atoms with Gasteiger partial charge < -0.3 is 15.4 Å². The summed E-state index contributed by atoms with van der Waals surface area (Å²) >= 11 is 12.2. The Kier molecular flexibility index (Phi) is 6.69. The summed E-state index contributed by atoms with van der Waals surface area (Å²) in [6.45, 7) is 7.53. The van der Waals surface area contributed by atoms with Gasteiger partial charge in [0.2, 0.25) is 0 Å². The molecule has 6 heteroatoms. The fraction of sp³-hybridized carbons (Fsp3) is 0.615. The van der Waals surface area contributed by atoms with Gasteiger partial charge in [-0.05, 0) is 18.9 Å². The van der Waals surface area contributed by atoms with E-state index < -0.39 is 0 Å². The van der Waals surface area contributed by atoms with E-state index in [9.17, 15) is 0 Å². The molecule has 108 valence electrons. The van der Waals surface area contributed by atoms with Crippen LogP contribution in [-0.2, 0) is 4.74 Å². The lowest BCUT2D eigenvalue weighted by atomic mass is 10.1. The highest BCUT2D eigenvalue weighted by atomic mass is 35.5. The Morgan fingerprint density at radius 2 is 1.89 bits per heavy atom. The summed E-state index contributed by atoms with van der Waals surface area (Å²) in [6, 6.07) is 1.83. The maximum Gasteiger partial charge on any atom is 0.147 e. The first-order valence-corrected chi connectivity index (χ1v) is 7.13. The van der Waals surface area contributed by atoms with Gasteiger partial charge in [-0.3, -0.25) is 0 Å². The molecule has 0 saturated heterocycles. The van der Waals surface area contributed by atoms with Crippen molar-refractivity contribution < 1.29 is 4.74 Å². The molecule has 0 aromatic carbocycles. The molecule has 1 rings (SSSR count). The molecule has 1 atom stereocenters. The Morgan fingerprint density at radius 1 is 1.26 bits per heavy atom. The number of rotatable bonds is 7. The molecule has 1 aromatic heterocycles. The van der Waals surface area contributed by atoms with Crippen LogP contribution in [0.4, 0.5) is 11.6 Å². The van der Waals surface area contributed by atoms with Gasteiger partial charge in [-0.25, -0.2) is 4.98 Å². The lowest BCUT2D eigenvalue weighted by Crippen LogP contribution is -2.31. The Balaban J connectivity index is 2.89. The van der Waals surface area contributed by atoms with E-state index in [-0.39, 0.29) is 6.04 Å². The number of hydrogen-bond acceptors (Lipinski definition) is 4. The van der Waals surface area contributed by atoms with Gasteiger partial charge in [-0.15, -0.1) is 0 Å². The van der Waals surface area contributed by atoms with Crippen molar-refractivity contribution >= 4 is 34.8 Å². The van der Waals surface area contributed by atoms with E-state index in [0.29, 0.717) is 40.8 Å². The predicted molar refractivity (Wildman–Crippen MR) is 82.5 cm³/mol. The van der Waals surface area contributed by atoms with Crippen molar-refractivity contribution in [3.63, 3.8) is 0 Å². The highest BCUT2D eigenvalue weighted by molar-refractivity contribution is 6.37. The van der Waals surface area contributed by atoms with Crippen LogP contribution in [0.1, 0.15) is 20.8 Å². The van der Waals surface area contributed by atoms with Crippen molar-refractivity contribution in [3.05, 3.63) is 16.1 Å². The molecule has 1 unspecified atom stereocenters. The molecular formula is C13H21Cl2N3O. The van der Waals surface area contributed by atoms with Crippen LogP contribution in [0.15, 0.2) is 6.07 Å². The van der Waals surface area contributed by atoms with Crippen LogP contribution >= 0.6 is 23.2 Å². The van der Waals surface area contributed by atoms with Crippen LogP contribution in [0.2, 0.25) is 10.0 Å². The minimum absolute atomic E-state index is 0.149. The zero-order chi connectivity index (χ0) is 14.4. The highest BCUT2D eigenvalue weighted by Crippen LogP contribution is 2.29. The molecule has 0 saturated carbocycles. The van der Waals surface area contributed by atoms with Gasteiger partial charge in [0.05, 0.1) is 22.7 Å². The molecule has 4 nitrogen and oxygen atoms in total. The van der Waals surface area contributed by atoms with E-state index in [1.165, 1.54) is 0 Å². The Morgan fingerprint density at radius 3 is 2.42 bits per heavy atom. The molecule has 0 bridgehead atoms. The zero-order valence-electron chi connectivity index (χ0n) is 11.8. The normalized spacial score (nSPS) is 12.6. The Bertz CT molecular complexity index is 413. The lowest BCUT2D eigenvalue weighted by Gasteiger charge is -2.23. The number of aromatic nitrogens is 1. The predicted octanol–water partition coefficient (Wildman–Crippen LogP) is 3.90. The molecule has 1 heterocycles. The zero-order valence-corrected chi connectivity index (χ0v) is 13.3. The minimum atomic E-state index is 0.149. The highest BCUT2D eigenvalue weighted by Gasteiger charge is 2.17. The fourth-order valence-corrected chi connectivity index (χ4v) is 2.07. The molecule has 0 fully saturated rings. The summed E-state index contributed by atoms with van der Waals surface area (Å²) in [7, 11) is 1.77. The largest absolute Gasteiger partial charge is 0.380 e. The number of nitrogens with one attached hydrogen (secondary N) is 2. The summed E-state index contributed by atoms with van der Waals surface area (Å²) in [5.41, 5.74) is 0. The minimum Gasteiger partial charge on any atom is -0.380 e. The number of hydrogen-bond donors (Lipinski definition) is 2. The Labute approximate surface area is 124 Å². The molecule has 0 aliphatic carbocycles. The standard InChI is InChI=1S/C13H21Cl2N3O/c1-5-19-7-11(8(2)3)17-13-10(15)6-9(14)12(16-4)18-13/h6,8,11H,5,7H2,1-4H3,(H2,16,17,18). The number of ether oxygens (including phenoxy) is 1. The maximum absolute atomic E-state index is 6.16. The van der Waals surface area contributed by atoms with E-state index in [1.54, 1.807) is 13.1 Å². The second-order valence-corrected chi connectivity index (χ2v) is 5.37. The third-order valence-electron chi connectivity index (χ3n) is 2.79. The van der Waals surface area contributed by atoms with Crippen LogP contribution in [0.3, 0.4) is 0 Å². The van der Waals surface area contributed by atoms with Gasteiger partial charge in [0.15, 0.2) is 0 Å². The smallest absolute Gasteiger partial charge is 0.147 e. The van der Waals surface area contributed by atoms with E-state index >= 15 is 0 Å². The maximum atomic E-state index is 6.16. The molecule has 0 aliphatic rings. The molecule has 0 radical (unpaired) electrons. The summed E-state index contributed by atoms with van der Waals surface area (Å²) in [5, 5.41) is 7.26. The molecule has 19 heavy (non-hydrogen) atoms. The van der Waals surface area contributed by atoms with Crippen molar-refractivity contribution in [2.24, 2.45) is 5.92 Å². The van der Waals surface area contributed by atoms with Crippen LogP contribution in [0.25, 0.3) is 0 Å². The van der Waals surface area contributed by atoms with Crippen LogP contribution in [-0.4, -0.2) is 31.3 Å². The van der Waals surface area contributed by atoms with Crippen molar-refractivity contribution in [1.29, 1.82) is 0 Å². The van der Waals surface area contributed by atoms with Gasteiger partial charge in [-0.2, -0.15) is 0 Å². The number of nitrogens with zero attached hydrogens (tertiary/aromatic N) is 1. The van der Waals surface area contributed by atoms with Gasteiger partial charge in [0, 0.05) is 13.7 Å². The van der Waals surface area contributed by atoms with Crippen LogP contribution < -0.4 is 10.6 Å². The SMILES string of the molecule is CCOCC(Nc1nc(NC)c(Cl)cc1Cl)C(C)C. The van der Waals surface area contributed by atoms with E-state index in [0.717, 1.165) is 0 Å². The lowest BCUT2D eigenvalue weighted by molar-refractivity contribution is 0.126. The van der Waals surface area contributed by atoms with Crippen molar-refractivity contribution in [2.45, 2.75) is 26.8 Å². The van der Waals surface area contributed by atoms with Gasteiger partial charge in [0.25, 0.3) is 0 Å². The summed E-state index contributed by atoms with van der Waals surface area (Å²) in [5.74, 6) is 1.62. The Hall–Kier alpha value is -0.710. The molecule has 1 aromatic rings. The summed E-state index contributed by atoms with van der Waals surface area (Å²) in [4.78, 5) is 4.38. The van der Waals surface area contributed by atoms with E-state index in [1.807, 2.05) is 6.92 Å². The second-order valence-electron chi connectivity index (χ2n) is 4.55. The first kappa shape index (κ1) is 16.3. The first-order chi connectivity index (χ1) is 8.99. The fourth-order valence-electron chi connectivity index (χ4n) is 1.56. The molecular weight excluding hydrogens is 285 g/mol. The van der Waals surface area contributed by atoms with Crippen LogP contribution in [0, 0.1) is 5.92 Å². The van der Waals surface area contributed by atoms with Gasteiger partial charge >= 0.3 is 0 Å². The average Bonchev–Trinajstić information content (AvgIpc) is 2.36. The third-order valence-corrected chi connectivity index (χ3v) is 3.37. The number of pyridine rings is 1. The monoisotopic (exact) mass is 305 g/mol. The van der Waals surface area contributed by atoms with Crippen molar-refractivity contribution in [1.82, 2.24) is 4.98 Å². The second kappa shape index (κ2) is 7.78. The van der Waals surface area contributed by atoms with Crippen molar-refractivity contribution in [3.8, 4) is 0 Å². The van der Waals surface area contributed by atoms with Gasteiger partial charge in [0.1, 0.15) is 11.6 Å². The van der Waals surface area contributed by atoms with Crippen molar-refractivity contribution in [2.75, 3.05) is 30.9 Å². The first-order valence-electron chi connectivity index (χ1n) is 6.37. The molecule has 0 amide bonds. The van der Waals surface area contributed by atoms with Crippen LogP contribution in [0.5, 0.6) is 0 Å².